The number of rotatable bonds is 6. The summed E-state index contributed by atoms with van der Waals surface area (Å²) in [5, 5.41) is 13.7. The van der Waals surface area contributed by atoms with Crippen LogP contribution in [0.1, 0.15) is 70.9 Å². The minimum atomic E-state index is -1.56. The number of ether oxygens (including phenoxy) is 2. The molecule has 2 aromatic rings. The number of aliphatic imine (C=N–C) groups is 1. The fraction of sp³-hybridized carbons (Fsp3) is 0.533. The molecule has 1 saturated heterocycles. The van der Waals surface area contributed by atoms with Crippen LogP contribution in [0.2, 0.25) is 5.02 Å². The molecule has 0 radical (unpaired) electrons. The Morgan fingerprint density at radius 1 is 1.23 bits per heavy atom. The number of hydrogen-bond donors (Lipinski definition) is 2. The standard InChI is InChI=1S/C30H36ClF2N3O4/c1-15(32)39-24-9-7-8-19(31)26(24)18-10-22(35-28(37)40-29(2,3)4)27-25(18)17-11-23(20(33)12-21(17)34-27)36-13-16(14-36)30(5,6)38/h7-9,11-12,15-16,18,22,25,38H,10,13-14H2,1-6H3,(H,35,37)/t15?,18-,22+,25?/m1/s1. The van der Waals surface area contributed by atoms with Gasteiger partial charge in [0.2, 0.25) is 6.36 Å². The van der Waals surface area contributed by atoms with Crippen molar-refractivity contribution in [2.24, 2.45) is 10.9 Å². The van der Waals surface area contributed by atoms with Crippen LogP contribution < -0.4 is 15.0 Å². The van der Waals surface area contributed by atoms with Crippen LogP contribution in [0.25, 0.3) is 0 Å². The number of aliphatic hydroxyl groups is 1. The van der Waals surface area contributed by atoms with Gasteiger partial charge in [-0.05, 0) is 64.8 Å². The highest BCUT2D eigenvalue weighted by Gasteiger charge is 2.49. The molecule has 1 saturated carbocycles. The summed E-state index contributed by atoms with van der Waals surface area (Å²) in [5.74, 6) is -0.743. The lowest BCUT2D eigenvalue weighted by molar-refractivity contribution is 0.00439. The molecule has 7 nitrogen and oxygen atoms in total. The first-order chi connectivity index (χ1) is 18.6. The number of carbonyl (C=O) groups is 1. The quantitative estimate of drug-likeness (QED) is 0.404. The first-order valence-corrected chi connectivity index (χ1v) is 14.0. The van der Waals surface area contributed by atoms with Gasteiger partial charge >= 0.3 is 6.09 Å². The summed E-state index contributed by atoms with van der Waals surface area (Å²) in [6, 6.07) is 7.81. The van der Waals surface area contributed by atoms with Crippen LogP contribution in [0.3, 0.4) is 0 Å². The van der Waals surface area contributed by atoms with Crippen LogP contribution in [0.4, 0.5) is 25.0 Å². The maximum atomic E-state index is 15.4. The van der Waals surface area contributed by atoms with E-state index in [1.54, 1.807) is 52.8 Å². The van der Waals surface area contributed by atoms with Gasteiger partial charge in [-0.15, -0.1) is 0 Å². The van der Waals surface area contributed by atoms with E-state index in [1.165, 1.54) is 13.0 Å². The van der Waals surface area contributed by atoms with Gasteiger partial charge in [-0.3, -0.25) is 4.99 Å². The molecule has 10 heteroatoms. The molecule has 5 rings (SSSR count). The van der Waals surface area contributed by atoms with E-state index >= 15 is 4.39 Å². The number of alkyl halides is 1. The zero-order chi connectivity index (χ0) is 29.1. The Labute approximate surface area is 238 Å². The smallest absolute Gasteiger partial charge is 0.408 e. The van der Waals surface area contributed by atoms with Gasteiger partial charge in [0.15, 0.2) is 0 Å². The van der Waals surface area contributed by atoms with Crippen LogP contribution in [-0.4, -0.2) is 53.6 Å². The van der Waals surface area contributed by atoms with Crippen molar-refractivity contribution >= 4 is 34.8 Å². The van der Waals surface area contributed by atoms with Crippen molar-refractivity contribution in [3.63, 3.8) is 0 Å². The maximum absolute atomic E-state index is 15.4. The van der Waals surface area contributed by atoms with Crippen LogP contribution in [0.5, 0.6) is 5.75 Å². The number of fused-ring (bicyclic) bond motifs is 3. The number of anilines is 1. The first kappa shape index (κ1) is 28.6. The Morgan fingerprint density at radius 2 is 1.93 bits per heavy atom. The molecule has 216 valence electrons. The number of amides is 1. The molecule has 2 N–H and O–H groups in total. The Morgan fingerprint density at radius 3 is 2.55 bits per heavy atom. The number of alkyl carbamates (subject to hydrolysis) is 1. The average Bonchev–Trinajstić information content (AvgIpc) is 3.27. The number of halogens is 3. The van der Waals surface area contributed by atoms with Crippen molar-refractivity contribution < 1.29 is 28.2 Å². The van der Waals surface area contributed by atoms with E-state index in [0.29, 0.717) is 52.9 Å². The van der Waals surface area contributed by atoms with Gasteiger partial charge in [-0.25, -0.2) is 13.6 Å². The predicted octanol–water partition coefficient (Wildman–Crippen LogP) is 6.63. The summed E-state index contributed by atoms with van der Waals surface area (Å²) in [6.45, 7) is 11.2. The molecule has 1 amide bonds. The SMILES string of the molecule is CC(F)Oc1cccc(Cl)c1[C@@H]1C[C@H](NC(=O)OC(C)(C)C)C2=Nc3cc(F)c(N4CC(C(C)(C)O)C4)cc3C21. The minimum Gasteiger partial charge on any atom is -0.460 e. The van der Waals surface area contributed by atoms with E-state index in [9.17, 15) is 14.3 Å². The topological polar surface area (TPSA) is 83.4 Å². The van der Waals surface area contributed by atoms with E-state index in [0.717, 1.165) is 5.56 Å². The Balaban J connectivity index is 1.54. The molecule has 2 aliphatic heterocycles. The molecule has 40 heavy (non-hydrogen) atoms. The van der Waals surface area contributed by atoms with E-state index in [1.807, 2.05) is 11.0 Å². The van der Waals surface area contributed by atoms with Crippen molar-refractivity contribution in [2.45, 2.75) is 83.4 Å². The summed E-state index contributed by atoms with van der Waals surface area (Å²) in [4.78, 5) is 19.5. The summed E-state index contributed by atoms with van der Waals surface area (Å²) < 4.78 is 40.4. The monoisotopic (exact) mass is 575 g/mol. The minimum absolute atomic E-state index is 0.0270. The van der Waals surface area contributed by atoms with Gasteiger partial charge in [0, 0.05) is 60.1 Å². The normalized spacial score (nSPS) is 23.2. The van der Waals surface area contributed by atoms with Gasteiger partial charge in [-0.1, -0.05) is 17.7 Å². The van der Waals surface area contributed by atoms with E-state index in [2.05, 4.69) is 5.32 Å². The third-order valence-electron chi connectivity index (χ3n) is 7.83. The summed E-state index contributed by atoms with van der Waals surface area (Å²) in [6.07, 6.45) is -1.73. The van der Waals surface area contributed by atoms with Gasteiger partial charge in [0.05, 0.1) is 23.0 Å². The molecular weight excluding hydrogens is 540 g/mol. The Kier molecular flexibility index (Phi) is 7.28. The predicted molar refractivity (Wildman–Crippen MR) is 151 cm³/mol. The molecule has 1 aliphatic carbocycles. The van der Waals surface area contributed by atoms with Crippen LogP contribution in [0.15, 0.2) is 35.3 Å². The number of hydrogen-bond acceptors (Lipinski definition) is 6. The number of nitrogens with one attached hydrogen (secondary N) is 1. The van der Waals surface area contributed by atoms with E-state index < -0.39 is 35.5 Å². The summed E-state index contributed by atoms with van der Waals surface area (Å²) in [7, 11) is 0. The van der Waals surface area contributed by atoms with Crippen molar-refractivity contribution in [3.8, 4) is 5.75 Å². The van der Waals surface area contributed by atoms with E-state index in [4.69, 9.17) is 26.1 Å². The summed E-state index contributed by atoms with van der Waals surface area (Å²) >= 11 is 6.70. The van der Waals surface area contributed by atoms with E-state index in [-0.39, 0.29) is 17.8 Å². The fourth-order valence-electron chi connectivity index (χ4n) is 5.90. The second-order valence-electron chi connectivity index (χ2n) is 12.5. The van der Waals surface area contributed by atoms with Crippen LogP contribution >= 0.6 is 11.6 Å². The van der Waals surface area contributed by atoms with Crippen LogP contribution in [-0.2, 0) is 4.74 Å². The van der Waals surface area contributed by atoms with Crippen molar-refractivity contribution in [3.05, 3.63) is 52.3 Å². The zero-order valence-corrected chi connectivity index (χ0v) is 24.4. The molecular formula is C30H36ClF2N3O4. The van der Waals surface area contributed by atoms with Gasteiger partial charge in [-0.2, -0.15) is 0 Å². The first-order valence-electron chi connectivity index (χ1n) is 13.6. The molecule has 4 atom stereocenters. The molecule has 0 aromatic heterocycles. The lowest BCUT2D eigenvalue weighted by atomic mass is 9.82. The second-order valence-corrected chi connectivity index (χ2v) is 12.9. The van der Waals surface area contributed by atoms with Crippen molar-refractivity contribution in [1.82, 2.24) is 5.32 Å². The number of carbonyl (C=O) groups excluding carboxylic acids is 1. The molecule has 0 bridgehead atoms. The Bertz CT molecular complexity index is 1350. The molecule has 2 fully saturated rings. The lowest BCUT2D eigenvalue weighted by Gasteiger charge is -2.46. The number of nitrogens with zero attached hydrogens (tertiary/aromatic N) is 2. The summed E-state index contributed by atoms with van der Waals surface area (Å²) in [5.41, 5.74) is 1.45. The molecule has 2 unspecified atom stereocenters. The van der Waals surface area contributed by atoms with Crippen molar-refractivity contribution in [1.29, 1.82) is 0 Å². The highest BCUT2D eigenvalue weighted by atomic mass is 35.5. The van der Waals surface area contributed by atoms with Crippen LogP contribution in [0, 0.1) is 11.7 Å². The Hall–Kier alpha value is -2.91. The maximum Gasteiger partial charge on any atom is 0.408 e. The highest BCUT2D eigenvalue weighted by molar-refractivity contribution is 6.31. The second kappa shape index (κ2) is 10.2. The molecule has 2 aromatic carbocycles. The van der Waals surface area contributed by atoms with Crippen molar-refractivity contribution in [2.75, 3.05) is 18.0 Å². The largest absolute Gasteiger partial charge is 0.460 e. The molecule has 3 aliphatic rings. The third kappa shape index (κ3) is 5.50. The van der Waals surface area contributed by atoms with Gasteiger partial charge < -0.3 is 24.8 Å². The molecule has 2 heterocycles. The van der Waals surface area contributed by atoms with Gasteiger partial charge in [0.1, 0.15) is 17.2 Å². The molecule has 0 spiro atoms. The highest BCUT2D eigenvalue weighted by Crippen LogP contribution is 2.55. The average molecular weight is 576 g/mol. The zero-order valence-electron chi connectivity index (χ0n) is 23.6. The number of benzene rings is 2. The third-order valence-corrected chi connectivity index (χ3v) is 8.16. The fourth-order valence-corrected chi connectivity index (χ4v) is 6.20. The van der Waals surface area contributed by atoms with Gasteiger partial charge in [0.25, 0.3) is 0 Å². The lowest BCUT2D eigenvalue weighted by Crippen LogP contribution is -2.56.